The number of aromatic nitrogens is 5. The van der Waals surface area contributed by atoms with Crippen LogP contribution >= 0.6 is 0 Å². The van der Waals surface area contributed by atoms with Crippen LogP contribution in [0.2, 0.25) is 0 Å². The van der Waals surface area contributed by atoms with Crippen molar-refractivity contribution >= 4 is 22.8 Å². The van der Waals surface area contributed by atoms with Crippen molar-refractivity contribution in [2.24, 2.45) is 0 Å². The summed E-state index contributed by atoms with van der Waals surface area (Å²) in [6, 6.07) is 7.66. The quantitative estimate of drug-likeness (QED) is 0.741. The number of benzene rings is 1. The molecule has 8 heteroatoms. The molecule has 23 heavy (non-hydrogen) atoms. The van der Waals surface area contributed by atoms with E-state index in [1.165, 1.54) is 6.20 Å². The van der Waals surface area contributed by atoms with E-state index in [-0.39, 0.29) is 6.61 Å². The minimum atomic E-state index is -0.571. The second-order valence-electron chi connectivity index (χ2n) is 4.62. The highest BCUT2D eigenvalue weighted by Crippen LogP contribution is 2.11. The molecule has 0 unspecified atom stereocenters. The number of fused-ring (bicyclic) bond motifs is 1. The van der Waals surface area contributed by atoms with Crippen molar-refractivity contribution in [3.8, 4) is 11.8 Å². The van der Waals surface area contributed by atoms with E-state index in [4.69, 9.17) is 4.74 Å². The molecule has 0 radical (unpaired) electrons. The van der Waals surface area contributed by atoms with Gasteiger partial charge in [0.15, 0.2) is 6.61 Å². The van der Waals surface area contributed by atoms with Crippen molar-refractivity contribution in [2.45, 2.75) is 13.6 Å². The normalized spacial score (nSPS) is 10.1. The maximum absolute atomic E-state index is 11.5. The molecule has 0 atom stereocenters. The first kappa shape index (κ1) is 14.6. The van der Waals surface area contributed by atoms with E-state index in [0.29, 0.717) is 12.4 Å². The van der Waals surface area contributed by atoms with Crippen LogP contribution in [-0.2, 0) is 11.4 Å². The Labute approximate surface area is 132 Å². The topological polar surface area (TPSA) is 86.9 Å². The van der Waals surface area contributed by atoms with Gasteiger partial charge in [-0.1, -0.05) is 23.3 Å². The third-order valence-corrected chi connectivity index (χ3v) is 3.03. The minimum Gasteiger partial charge on any atom is -0.436 e. The number of carbonyl (C=O) groups excluding carboxylic acids is 1. The molecule has 3 rings (SSSR count). The van der Waals surface area contributed by atoms with Gasteiger partial charge in [-0.25, -0.2) is 14.2 Å². The highest BCUT2D eigenvalue weighted by molar-refractivity contribution is 5.84. The fourth-order valence-electron chi connectivity index (χ4n) is 1.99. The van der Waals surface area contributed by atoms with Gasteiger partial charge in [0.2, 0.25) is 0 Å². The van der Waals surface area contributed by atoms with Gasteiger partial charge < -0.3 is 4.74 Å². The van der Waals surface area contributed by atoms with Gasteiger partial charge in [0.05, 0.1) is 23.6 Å². The molecule has 0 aliphatic carbocycles. The minimum absolute atomic E-state index is 0.0570. The second kappa shape index (κ2) is 6.62. The Hall–Kier alpha value is -3.34. The predicted molar refractivity (Wildman–Crippen MR) is 83.6 cm³/mol. The number of hydrogen-bond donors (Lipinski definition) is 1. The summed E-state index contributed by atoms with van der Waals surface area (Å²) in [6.07, 6.45) is 2.65. The number of amides is 1. The van der Waals surface area contributed by atoms with Crippen molar-refractivity contribution in [1.29, 1.82) is 0 Å². The molecule has 116 valence electrons. The van der Waals surface area contributed by atoms with Crippen LogP contribution in [0, 0.1) is 11.8 Å². The van der Waals surface area contributed by atoms with Gasteiger partial charge in [0, 0.05) is 0 Å². The molecule has 0 fully saturated rings. The molecule has 2 aromatic heterocycles. The van der Waals surface area contributed by atoms with Crippen molar-refractivity contribution in [1.82, 2.24) is 24.8 Å². The third kappa shape index (κ3) is 3.47. The Bertz CT molecular complexity index is 886. The summed E-state index contributed by atoms with van der Waals surface area (Å²) in [7, 11) is 0. The van der Waals surface area contributed by atoms with E-state index < -0.39 is 6.09 Å². The highest BCUT2D eigenvalue weighted by atomic mass is 16.5. The Balaban J connectivity index is 1.65. The molecule has 8 nitrogen and oxygen atoms in total. The number of nitrogens with zero attached hydrogens (tertiary/aromatic N) is 5. The Morgan fingerprint density at radius 1 is 1.39 bits per heavy atom. The number of rotatable bonds is 4. The lowest BCUT2D eigenvalue weighted by atomic mass is 10.3. The van der Waals surface area contributed by atoms with E-state index in [1.54, 1.807) is 22.5 Å². The fraction of sp³-hybridized carbons (Fsp3) is 0.200. The summed E-state index contributed by atoms with van der Waals surface area (Å²) >= 11 is 0. The molecule has 0 saturated heterocycles. The fourth-order valence-corrected chi connectivity index (χ4v) is 1.99. The van der Waals surface area contributed by atoms with Crippen LogP contribution < -0.4 is 5.32 Å². The summed E-state index contributed by atoms with van der Waals surface area (Å²) in [4.78, 5) is 11.5. The van der Waals surface area contributed by atoms with Crippen LogP contribution in [0.15, 0.2) is 36.7 Å². The zero-order valence-corrected chi connectivity index (χ0v) is 12.4. The van der Waals surface area contributed by atoms with Crippen molar-refractivity contribution in [3.05, 3.63) is 36.7 Å². The summed E-state index contributed by atoms with van der Waals surface area (Å²) in [5.41, 5.74) is 2.26. The van der Waals surface area contributed by atoms with E-state index in [1.807, 2.05) is 24.3 Å². The van der Waals surface area contributed by atoms with Gasteiger partial charge in [-0.05, 0) is 19.1 Å². The molecule has 0 aliphatic rings. The van der Waals surface area contributed by atoms with Crippen LogP contribution in [0.3, 0.4) is 0 Å². The van der Waals surface area contributed by atoms with E-state index in [2.05, 4.69) is 32.6 Å². The maximum Gasteiger partial charge on any atom is 0.412 e. The largest absolute Gasteiger partial charge is 0.436 e. The zero-order valence-electron chi connectivity index (χ0n) is 12.4. The monoisotopic (exact) mass is 310 g/mol. The molecule has 3 aromatic rings. The lowest BCUT2D eigenvalue weighted by Gasteiger charge is -2.03. The maximum atomic E-state index is 11.5. The Kier molecular flexibility index (Phi) is 4.20. The van der Waals surface area contributed by atoms with Crippen LogP contribution in [0.25, 0.3) is 11.0 Å². The third-order valence-electron chi connectivity index (χ3n) is 3.03. The summed E-state index contributed by atoms with van der Waals surface area (Å²) in [6.45, 7) is 2.12. The average Bonchev–Trinajstić information content (AvgIpc) is 3.16. The molecule has 0 saturated carbocycles. The van der Waals surface area contributed by atoms with Crippen LogP contribution in [0.5, 0.6) is 0 Å². The molecular weight excluding hydrogens is 296 g/mol. The standard InChI is InChI=1S/C15H14N6O2/c1-2-3-8-23-15(22)17-12-9-16-20(10-12)11-21-14-7-5-4-6-13(14)18-19-21/h4-7,9-10H,8,11H2,1H3,(H,17,22). The van der Waals surface area contributed by atoms with Crippen LogP contribution in [0.4, 0.5) is 10.5 Å². The van der Waals surface area contributed by atoms with Gasteiger partial charge >= 0.3 is 6.09 Å². The molecule has 0 aliphatic heterocycles. The van der Waals surface area contributed by atoms with E-state index in [9.17, 15) is 4.79 Å². The smallest absolute Gasteiger partial charge is 0.412 e. The average molecular weight is 310 g/mol. The number of carbonyl (C=O) groups is 1. The number of para-hydroxylation sites is 1. The van der Waals surface area contributed by atoms with E-state index in [0.717, 1.165) is 11.0 Å². The van der Waals surface area contributed by atoms with Gasteiger partial charge in [-0.3, -0.25) is 5.32 Å². The second-order valence-corrected chi connectivity index (χ2v) is 4.62. The van der Waals surface area contributed by atoms with Crippen LogP contribution in [-0.4, -0.2) is 37.5 Å². The molecule has 0 spiro atoms. The van der Waals surface area contributed by atoms with Gasteiger partial charge in [0.1, 0.15) is 12.2 Å². The number of anilines is 1. The first-order valence-corrected chi connectivity index (χ1v) is 6.90. The number of ether oxygens (including phenoxy) is 1. The number of hydrogen-bond acceptors (Lipinski definition) is 5. The van der Waals surface area contributed by atoms with Crippen LogP contribution in [0.1, 0.15) is 6.92 Å². The van der Waals surface area contributed by atoms with Gasteiger partial charge in [-0.2, -0.15) is 5.10 Å². The Morgan fingerprint density at radius 2 is 2.26 bits per heavy atom. The predicted octanol–water partition coefficient (Wildman–Crippen LogP) is 1.71. The molecule has 1 aromatic carbocycles. The first-order chi connectivity index (χ1) is 11.3. The SMILES string of the molecule is CC#CCOC(=O)Nc1cnn(Cn2nnc3ccccc32)c1. The highest BCUT2D eigenvalue weighted by Gasteiger charge is 2.07. The molecule has 1 amide bonds. The summed E-state index contributed by atoms with van der Waals surface area (Å²) in [5.74, 6) is 5.29. The molecule has 2 heterocycles. The molecule has 1 N–H and O–H groups in total. The molecular formula is C15H14N6O2. The van der Waals surface area contributed by atoms with Gasteiger partial charge in [-0.15, -0.1) is 11.0 Å². The van der Waals surface area contributed by atoms with Gasteiger partial charge in [0.25, 0.3) is 0 Å². The first-order valence-electron chi connectivity index (χ1n) is 6.90. The van der Waals surface area contributed by atoms with Crippen molar-refractivity contribution < 1.29 is 9.53 Å². The zero-order chi connectivity index (χ0) is 16.1. The lowest BCUT2D eigenvalue weighted by Crippen LogP contribution is -2.13. The summed E-state index contributed by atoms with van der Waals surface area (Å²) in [5, 5.41) is 14.9. The number of nitrogens with one attached hydrogen (secondary N) is 1. The van der Waals surface area contributed by atoms with Crippen molar-refractivity contribution in [2.75, 3.05) is 11.9 Å². The summed E-state index contributed by atoms with van der Waals surface area (Å²) < 4.78 is 8.24. The van der Waals surface area contributed by atoms with Crippen molar-refractivity contribution in [3.63, 3.8) is 0 Å². The lowest BCUT2D eigenvalue weighted by molar-refractivity contribution is 0.176. The van der Waals surface area contributed by atoms with E-state index >= 15 is 0 Å². The molecule has 0 bridgehead atoms. The Morgan fingerprint density at radius 3 is 3.13 bits per heavy atom.